The Morgan fingerprint density at radius 1 is 1.08 bits per heavy atom. The van der Waals surface area contributed by atoms with E-state index in [-0.39, 0.29) is 39.7 Å². The minimum atomic E-state index is -2.90. The molecule has 2 aromatic heterocycles. The molecule has 2 saturated heterocycles. The van der Waals surface area contributed by atoms with Crippen molar-refractivity contribution in [3.63, 3.8) is 0 Å². The Labute approximate surface area is 221 Å². The number of rotatable bonds is 6. The van der Waals surface area contributed by atoms with Gasteiger partial charge in [0.2, 0.25) is 5.28 Å². The second-order valence-corrected chi connectivity index (χ2v) is 18.3. The quantitative estimate of drug-likeness (QED) is 0.308. The molecule has 2 fully saturated rings. The van der Waals surface area contributed by atoms with E-state index in [9.17, 15) is 5.11 Å². The van der Waals surface area contributed by atoms with Gasteiger partial charge in [-0.1, -0.05) is 27.7 Å². The smallest absolute Gasteiger partial charge is 0.350 e. The number of halogens is 1. The van der Waals surface area contributed by atoms with Crippen molar-refractivity contribution >= 4 is 48.0 Å². The number of aliphatic hydroxyl groups excluding tert-OH is 1. The van der Waals surface area contributed by atoms with Crippen LogP contribution in [0.15, 0.2) is 6.33 Å². The molecule has 3 N–H and O–H groups in total. The molecule has 2 aliphatic heterocycles. The van der Waals surface area contributed by atoms with Gasteiger partial charge in [-0.3, -0.25) is 4.57 Å². The molecule has 4 heterocycles. The third-order valence-corrected chi connectivity index (χ3v) is 14.6. The number of hydrogen-bond acceptors (Lipinski definition) is 9. The van der Waals surface area contributed by atoms with E-state index < -0.39 is 38.7 Å². The Morgan fingerprint density at radius 2 is 1.72 bits per heavy atom. The monoisotopic (exact) mass is 560 g/mol. The summed E-state index contributed by atoms with van der Waals surface area (Å²) in [4.78, 5) is 12.6. The van der Waals surface area contributed by atoms with Gasteiger partial charge >= 0.3 is 14.2 Å². The van der Waals surface area contributed by atoms with Crippen molar-refractivity contribution in [1.29, 1.82) is 0 Å². The molecule has 0 amide bonds. The minimum Gasteiger partial charge on any atom is -0.386 e. The van der Waals surface area contributed by atoms with E-state index in [0.717, 1.165) is 0 Å². The lowest BCUT2D eigenvalue weighted by molar-refractivity contribution is -0.131. The largest absolute Gasteiger partial charge is 0.386 e. The number of nitrogens with zero attached hydrogens (tertiary/aromatic N) is 4. The molecular weight excluding hydrogens is 522 g/mol. The summed E-state index contributed by atoms with van der Waals surface area (Å²) in [5.74, 6) is 0.165. The van der Waals surface area contributed by atoms with Crippen molar-refractivity contribution in [3.8, 4) is 0 Å². The van der Waals surface area contributed by atoms with Crippen molar-refractivity contribution in [2.24, 2.45) is 0 Å². The zero-order valence-corrected chi connectivity index (χ0v) is 24.8. The average Bonchev–Trinajstić information content (AvgIpc) is 3.29. The highest BCUT2D eigenvalue weighted by Crippen LogP contribution is 2.44. The molecule has 13 heteroatoms. The number of aliphatic hydroxyl groups is 1. The normalized spacial score (nSPS) is 29.0. The standard InChI is InChI=1S/C23H39ClN5O5SSi/c1-11(2)35(12(3)4)23-31-9-15-18(33-36(34-23,13(5)6)14(7)8)17(30)21(32-15)29-10-26-16-19(25)27-22(24)28-20(16)29/h10-15,17-18,21,23,30H,9H2,1-8H3,(H2,25,27,28)/q+1/t15-,17+,18-,21-,23+/m1/s1. The SMILES string of the molecule is CC(C)[S+](C(C)C)[C@H]1OC[C@H]2O[C@@H](n3cnc4c(N)nc(Cl)nc43)[C@@H](O)[C@@H]2O[Si](C(C)C)(C(C)C)O1. The fourth-order valence-corrected chi connectivity index (χ4v) is 12.1. The van der Waals surface area contributed by atoms with E-state index in [1.54, 1.807) is 4.57 Å². The molecule has 5 atom stereocenters. The number of anilines is 1. The van der Waals surface area contributed by atoms with Crippen molar-refractivity contribution in [1.82, 2.24) is 19.5 Å². The average molecular weight is 561 g/mol. The molecule has 10 nitrogen and oxygen atoms in total. The van der Waals surface area contributed by atoms with Crippen LogP contribution in [0.4, 0.5) is 5.82 Å². The summed E-state index contributed by atoms with van der Waals surface area (Å²) in [6, 6.07) is 0. The predicted molar refractivity (Wildman–Crippen MR) is 144 cm³/mol. The van der Waals surface area contributed by atoms with E-state index >= 15 is 0 Å². The third kappa shape index (κ3) is 4.91. The first-order chi connectivity index (χ1) is 16.9. The van der Waals surface area contributed by atoms with E-state index in [1.807, 2.05) is 0 Å². The number of hydrogen-bond donors (Lipinski definition) is 2. The fraction of sp³-hybridized carbons (Fsp3) is 0.783. The third-order valence-electron chi connectivity index (χ3n) is 6.92. The van der Waals surface area contributed by atoms with Crippen LogP contribution in [0.3, 0.4) is 0 Å². The van der Waals surface area contributed by atoms with Gasteiger partial charge in [0.15, 0.2) is 17.7 Å². The molecule has 0 radical (unpaired) electrons. The molecule has 2 aliphatic rings. The number of aromatic nitrogens is 4. The Morgan fingerprint density at radius 3 is 2.31 bits per heavy atom. The molecule has 36 heavy (non-hydrogen) atoms. The molecular formula is C23H39ClN5O5SSi+. The van der Waals surface area contributed by atoms with E-state index in [2.05, 4.69) is 70.3 Å². The number of nitrogen functional groups attached to an aromatic ring is 1. The molecule has 0 spiro atoms. The van der Waals surface area contributed by atoms with E-state index in [4.69, 9.17) is 35.7 Å². The highest BCUT2D eigenvalue weighted by Gasteiger charge is 2.59. The van der Waals surface area contributed by atoms with Crippen molar-refractivity contribution < 1.29 is 23.4 Å². The van der Waals surface area contributed by atoms with Crippen LogP contribution in [-0.2, 0) is 29.2 Å². The van der Waals surface area contributed by atoms with E-state index in [0.29, 0.717) is 21.7 Å². The maximum atomic E-state index is 11.5. The Bertz CT molecular complexity index is 1060. The van der Waals surface area contributed by atoms with Gasteiger partial charge in [-0.05, 0) is 50.4 Å². The van der Waals surface area contributed by atoms with Crippen LogP contribution < -0.4 is 5.73 Å². The Hall–Kier alpha value is -0.993. The number of imidazole rings is 1. The van der Waals surface area contributed by atoms with Crippen LogP contribution in [0.2, 0.25) is 16.4 Å². The van der Waals surface area contributed by atoms with Gasteiger partial charge in [0.05, 0.1) is 23.8 Å². The topological polar surface area (TPSA) is 127 Å². The van der Waals surface area contributed by atoms with E-state index in [1.165, 1.54) is 6.33 Å². The second kappa shape index (κ2) is 10.6. The summed E-state index contributed by atoms with van der Waals surface area (Å²) in [5, 5.41) is 12.3. The number of nitrogens with two attached hydrogens (primary N) is 1. The Kier molecular flexibility index (Phi) is 8.28. The van der Waals surface area contributed by atoms with Crippen LogP contribution in [0.5, 0.6) is 0 Å². The van der Waals surface area contributed by atoms with Crippen molar-refractivity contribution in [3.05, 3.63) is 11.6 Å². The predicted octanol–water partition coefficient (Wildman–Crippen LogP) is 3.73. The molecule has 0 aromatic carbocycles. The van der Waals surface area contributed by atoms with Crippen molar-refractivity contribution in [2.75, 3.05) is 12.3 Å². The lowest BCUT2D eigenvalue weighted by atomic mass is 10.1. The molecule has 4 rings (SSSR count). The van der Waals surface area contributed by atoms with Gasteiger partial charge < -0.3 is 29.2 Å². The zero-order chi connectivity index (χ0) is 26.5. The van der Waals surface area contributed by atoms with Gasteiger partial charge in [0.1, 0.15) is 34.3 Å². The lowest BCUT2D eigenvalue weighted by Gasteiger charge is -2.44. The second-order valence-electron chi connectivity index (χ2n) is 10.6. The maximum absolute atomic E-state index is 11.5. The summed E-state index contributed by atoms with van der Waals surface area (Å²) in [6.45, 7) is 17.6. The lowest BCUT2D eigenvalue weighted by Crippen LogP contribution is -2.60. The molecule has 0 unspecified atom stereocenters. The van der Waals surface area contributed by atoms with Crippen molar-refractivity contribution in [2.45, 2.75) is 107 Å². The van der Waals surface area contributed by atoms with Crippen LogP contribution in [-0.4, -0.2) is 74.2 Å². The summed E-state index contributed by atoms with van der Waals surface area (Å²) >= 11 is 6.06. The zero-order valence-electron chi connectivity index (χ0n) is 22.2. The van der Waals surface area contributed by atoms with Crippen LogP contribution >= 0.6 is 11.6 Å². The Balaban J connectivity index is 1.73. The van der Waals surface area contributed by atoms with Crippen LogP contribution in [0.25, 0.3) is 11.2 Å². The minimum absolute atomic E-state index is 0.00322. The van der Waals surface area contributed by atoms with Crippen LogP contribution in [0.1, 0.15) is 61.6 Å². The molecule has 202 valence electrons. The number of fused-ring (bicyclic) bond motifs is 2. The summed E-state index contributed by atoms with van der Waals surface area (Å²) in [6.07, 6.45) is -1.43. The first kappa shape index (κ1) is 28.0. The van der Waals surface area contributed by atoms with Gasteiger partial charge in [0, 0.05) is 0 Å². The maximum Gasteiger partial charge on any atom is 0.350 e. The first-order valence-corrected chi connectivity index (χ1v) is 16.3. The van der Waals surface area contributed by atoms with Gasteiger partial charge in [0.25, 0.3) is 0 Å². The van der Waals surface area contributed by atoms with Crippen LogP contribution in [0, 0.1) is 0 Å². The fourth-order valence-electron chi connectivity index (χ4n) is 5.26. The summed E-state index contributed by atoms with van der Waals surface area (Å²) < 4.78 is 28.4. The highest BCUT2D eigenvalue weighted by molar-refractivity contribution is 7.98. The summed E-state index contributed by atoms with van der Waals surface area (Å²) in [7, 11) is -3.06. The molecule has 2 aromatic rings. The molecule has 0 aliphatic carbocycles. The molecule has 0 saturated carbocycles. The van der Waals surface area contributed by atoms with Gasteiger partial charge in [-0.2, -0.15) is 9.97 Å². The van der Waals surface area contributed by atoms with Gasteiger partial charge in [-0.25, -0.2) is 4.98 Å². The number of ether oxygens (including phenoxy) is 2. The van der Waals surface area contributed by atoms with Gasteiger partial charge in [-0.15, -0.1) is 0 Å². The first-order valence-electron chi connectivity index (χ1n) is 12.5. The summed E-state index contributed by atoms with van der Waals surface area (Å²) in [5.41, 5.74) is 6.62. The molecule has 0 bridgehead atoms. The highest BCUT2D eigenvalue weighted by atomic mass is 35.5.